The Hall–Kier alpha value is -3.45. The van der Waals surface area contributed by atoms with Gasteiger partial charge in [0.25, 0.3) is 0 Å². The summed E-state index contributed by atoms with van der Waals surface area (Å²) in [6.45, 7) is 3.27. The number of carboxylic acids is 1. The largest absolute Gasteiger partial charge is 0.478 e. The molecule has 0 bridgehead atoms. The molecule has 2 aromatic carbocycles. The number of carbonyl (C=O) groups excluding carboxylic acids is 2. The van der Waals surface area contributed by atoms with Gasteiger partial charge in [-0.05, 0) is 25.5 Å². The molecule has 1 aliphatic heterocycles. The molecule has 0 aromatic heterocycles. The van der Waals surface area contributed by atoms with E-state index in [2.05, 4.69) is 0 Å². The lowest BCUT2D eigenvalue weighted by Crippen LogP contribution is -2.52. The van der Waals surface area contributed by atoms with Crippen molar-refractivity contribution in [2.24, 2.45) is 0 Å². The third-order valence-corrected chi connectivity index (χ3v) is 4.87. The third-order valence-electron chi connectivity index (χ3n) is 4.87. The number of ketones is 1. The molecule has 1 aliphatic rings. The molecule has 0 amide bonds. The molecule has 3 rings (SSSR count). The van der Waals surface area contributed by atoms with Crippen LogP contribution in [-0.4, -0.2) is 45.5 Å². The van der Waals surface area contributed by atoms with Crippen molar-refractivity contribution in [2.75, 3.05) is 6.61 Å². The molecule has 2 unspecified atom stereocenters. The van der Waals surface area contributed by atoms with Gasteiger partial charge < -0.3 is 19.8 Å². The minimum atomic E-state index is -2.37. The van der Waals surface area contributed by atoms with Crippen LogP contribution in [-0.2, 0) is 20.1 Å². The number of esters is 1. The second-order valence-electron chi connectivity index (χ2n) is 6.60. The predicted octanol–water partition coefficient (Wildman–Crippen LogP) is 2.41. The highest BCUT2D eigenvalue weighted by Gasteiger charge is 2.53. The molecule has 1 heterocycles. The van der Waals surface area contributed by atoms with Crippen LogP contribution < -0.4 is 0 Å². The molecule has 0 aliphatic carbocycles. The average Bonchev–Trinajstić information content (AvgIpc) is 3.00. The second kappa shape index (κ2) is 7.89. The van der Waals surface area contributed by atoms with Gasteiger partial charge >= 0.3 is 11.9 Å². The highest BCUT2D eigenvalue weighted by atomic mass is 16.5. The van der Waals surface area contributed by atoms with Crippen LogP contribution in [0.4, 0.5) is 0 Å². The Balaban J connectivity index is 2.19. The normalized spacial score (nSPS) is 19.6. The fourth-order valence-corrected chi connectivity index (χ4v) is 3.42. The summed E-state index contributed by atoms with van der Waals surface area (Å²) in [7, 11) is 0. The van der Waals surface area contributed by atoms with Gasteiger partial charge in [-0.3, -0.25) is 4.79 Å². The Labute approximate surface area is 167 Å². The van der Waals surface area contributed by atoms with Crippen molar-refractivity contribution in [2.45, 2.75) is 25.6 Å². The quantitative estimate of drug-likeness (QED) is 0.724. The maximum Gasteiger partial charge on any atom is 0.336 e. The van der Waals surface area contributed by atoms with Gasteiger partial charge in [0, 0.05) is 17.3 Å². The van der Waals surface area contributed by atoms with Crippen molar-refractivity contribution in [3.63, 3.8) is 0 Å². The maximum absolute atomic E-state index is 13.4. The van der Waals surface area contributed by atoms with Crippen LogP contribution in [0, 0.1) is 0 Å². The fraction of sp³-hybridized carbons (Fsp3) is 0.227. The van der Waals surface area contributed by atoms with Crippen LogP contribution in [0.5, 0.6) is 0 Å². The van der Waals surface area contributed by atoms with Crippen molar-refractivity contribution in [1.82, 2.24) is 4.90 Å². The van der Waals surface area contributed by atoms with Crippen LogP contribution >= 0.6 is 0 Å². The minimum absolute atomic E-state index is 0.115. The first kappa shape index (κ1) is 20.3. The van der Waals surface area contributed by atoms with Gasteiger partial charge in [0.2, 0.25) is 11.5 Å². The predicted molar refractivity (Wildman–Crippen MR) is 105 cm³/mol. The summed E-state index contributed by atoms with van der Waals surface area (Å²) in [4.78, 5) is 38.7. The standard InChI is InChI=1S/C22H21NO6/c1-3-29-21(27)14(2)23-13-17(15-9-5-4-6-10-15)19(24)22(23,28)18-12-8-7-11-16(18)20(25)26/h4-14,28H,3H2,1-2H3,(H,25,26). The van der Waals surface area contributed by atoms with Gasteiger partial charge in [-0.15, -0.1) is 0 Å². The number of aromatic carboxylic acids is 1. The van der Waals surface area contributed by atoms with E-state index in [1.165, 1.54) is 37.4 Å². The van der Waals surface area contributed by atoms with E-state index >= 15 is 0 Å². The number of nitrogens with zero attached hydrogens (tertiary/aromatic N) is 1. The molecule has 7 nitrogen and oxygen atoms in total. The number of hydrogen-bond acceptors (Lipinski definition) is 6. The van der Waals surface area contributed by atoms with Gasteiger partial charge in [-0.2, -0.15) is 0 Å². The van der Waals surface area contributed by atoms with Crippen molar-refractivity contribution >= 4 is 23.3 Å². The molecule has 2 aromatic rings. The SMILES string of the molecule is CCOC(=O)C(C)N1C=C(c2ccccc2)C(=O)C1(O)c1ccccc1C(=O)O. The van der Waals surface area contributed by atoms with E-state index in [4.69, 9.17) is 4.74 Å². The number of Topliss-reactive ketones (excluding diaryl/α,β-unsaturated/α-hetero) is 1. The van der Waals surface area contributed by atoms with Crippen LogP contribution in [0.25, 0.3) is 5.57 Å². The highest BCUT2D eigenvalue weighted by molar-refractivity contribution is 6.26. The van der Waals surface area contributed by atoms with Gasteiger partial charge in [0.15, 0.2) is 0 Å². The van der Waals surface area contributed by atoms with E-state index in [0.717, 1.165) is 4.90 Å². The lowest BCUT2D eigenvalue weighted by atomic mass is 9.89. The van der Waals surface area contributed by atoms with Gasteiger partial charge in [-0.25, -0.2) is 9.59 Å². The number of ether oxygens (including phenoxy) is 1. The van der Waals surface area contributed by atoms with Gasteiger partial charge in [0.1, 0.15) is 6.04 Å². The first-order valence-electron chi connectivity index (χ1n) is 9.14. The zero-order chi connectivity index (χ0) is 21.2. The van der Waals surface area contributed by atoms with E-state index in [1.807, 2.05) is 0 Å². The Morgan fingerprint density at radius 2 is 1.72 bits per heavy atom. The number of hydrogen-bond donors (Lipinski definition) is 2. The van der Waals surface area contributed by atoms with Crippen LogP contribution in [0.15, 0.2) is 60.8 Å². The number of benzene rings is 2. The summed E-state index contributed by atoms with van der Waals surface area (Å²) in [5.74, 6) is -2.65. The van der Waals surface area contributed by atoms with Crippen molar-refractivity contribution in [3.8, 4) is 0 Å². The Morgan fingerprint density at radius 1 is 1.10 bits per heavy atom. The molecular weight excluding hydrogens is 374 g/mol. The molecule has 0 spiro atoms. The Bertz CT molecular complexity index is 984. The average molecular weight is 395 g/mol. The lowest BCUT2D eigenvalue weighted by Gasteiger charge is -2.37. The molecule has 2 N–H and O–H groups in total. The van der Waals surface area contributed by atoms with Crippen molar-refractivity contribution in [3.05, 3.63) is 77.5 Å². The molecule has 0 radical (unpaired) electrons. The molecule has 0 fully saturated rings. The molecule has 0 saturated carbocycles. The van der Waals surface area contributed by atoms with Crippen LogP contribution in [0.3, 0.4) is 0 Å². The first-order valence-corrected chi connectivity index (χ1v) is 9.14. The highest BCUT2D eigenvalue weighted by Crippen LogP contribution is 2.42. The third kappa shape index (κ3) is 3.40. The Morgan fingerprint density at radius 3 is 2.34 bits per heavy atom. The van der Waals surface area contributed by atoms with E-state index in [1.54, 1.807) is 37.3 Å². The van der Waals surface area contributed by atoms with E-state index in [-0.39, 0.29) is 23.3 Å². The van der Waals surface area contributed by atoms with E-state index in [0.29, 0.717) is 5.56 Å². The molecule has 29 heavy (non-hydrogen) atoms. The monoisotopic (exact) mass is 395 g/mol. The summed E-state index contributed by atoms with van der Waals surface area (Å²) in [6, 6.07) is 13.3. The summed E-state index contributed by atoms with van der Waals surface area (Å²) >= 11 is 0. The molecular formula is C22H21NO6. The van der Waals surface area contributed by atoms with Crippen LogP contribution in [0.1, 0.15) is 35.3 Å². The lowest BCUT2D eigenvalue weighted by molar-refractivity contribution is -0.165. The Kier molecular flexibility index (Phi) is 5.52. The second-order valence-corrected chi connectivity index (χ2v) is 6.60. The van der Waals surface area contributed by atoms with E-state index < -0.39 is 29.5 Å². The van der Waals surface area contributed by atoms with Crippen molar-refractivity contribution in [1.29, 1.82) is 0 Å². The number of aliphatic hydroxyl groups is 1. The fourth-order valence-electron chi connectivity index (χ4n) is 3.42. The molecule has 0 saturated heterocycles. The summed E-state index contributed by atoms with van der Waals surface area (Å²) < 4.78 is 5.05. The van der Waals surface area contributed by atoms with Crippen molar-refractivity contribution < 1.29 is 29.3 Å². The molecule has 150 valence electrons. The zero-order valence-corrected chi connectivity index (χ0v) is 16.0. The summed E-state index contributed by atoms with van der Waals surface area (Å²) in [5.41, 5.74) is -2.00. The van der Waals surface area contributed by atoms with Gasteiger partial charge in [-0.1, -0.05) is 48.5 Å². The smallest absolute Gasteiger partial charge is 0.336 e. The molecule has 2 atom stereocenters. The zero-order valence-electron chi connectivity index (χ0n) is 16.0. The van der Waals surface area contributed by atoms with Crippen LogP contribution in [0.2, 0.25) is 0 Å². The van der Waals surface area contributed by atoms with Gasteiger partial charge in [0.05, 0.1) is 12.2 Å². The summed E-state index contributed by atoms with van der Waals surface area (Å²) in [5, 5.41) is 21.2. The topological polar surface area (TPSA) is 104 Å². The number of rotatable bonds is 6. The number of carbonyl (C=O) groups is 3. The maximum atomic E-state index is 13.4. The van der Waals surface area contributed by atoms with E-state index in [9.17, 15) is 24.6 Å². The summed E-state index contributed by atoms with van der Waals surface area (Å²) in [6.07, 6.45) is 1.39. The number of carboxylic acid groups (broad SMARTS) is 1. The minimum Gasteiger partial charge on any atom is -0.478 e. The first-order chi connectivity index (χ1) is 13.8. The molecule has 7 heteroatoms.